The quantitative estimate of drug-likeness (QED) is 0.447. The number of alkyl halides is 3. The van der Waals surface area contributed by atoms with Crippen LogP contribution in [0.2, 0.25) is 5.02 Å². The highest BCUT2D eigenvalue weighted by molar-refractivity contribution is 7.92. The fourth-order valence-electron chi connectivity index (χ4n) is 2.58. The molecule has 3 rings (SSSR count). The number of hydrogen-bond donors (Lipinski definition) is 3. The Balaban J connectivity index is 1.82. The average molecular weight is 470 g/mol. The van der Waals surface area contributed by atoms with Crippen LogP contribution in [-0.2, 0) is 16.2 Å². The third-order valence-corrected chi connectivity index (χ3v) is 5.63. The average Bonchev–Trinajstić information content (AvgIpc) is 2.72. The zero-order chi connectivity index (χ0) is 22.6. The van der Waals surface area contributed by atoms with Gasteiger partial charge in [0, 0.05) is 5.02 Å². The van der Waals surface area contributed by atoms with Crippen molar-refractivity contribution in [3.05, 3.63) is 88.9 Å². The summed E-state index contributed by atoms with van der Waals surface area (Å²) in [5.74, 6) is -0.678. The van der Waals surface area contributed by atoms with Crippen molar-refractivity contribution in [3.8, 4) is 0 Å². The Morgan fingerprint density at radius 2 is 1.61 bits per heavy atom. The van der Waals surface area contributed by atoms with Gasteiger partial charge in [-0.05, 0) is 48.5 Å². The molecule has 0 aliphatic carbocycles. The van der Waals surface area contributed by atoms with Gasteiger partial charge in [-0.25, -0.2) is 8.42 Å². The standard InChI is InChI=1S/C20H15ClF3N3O3S/c21-14-6-4-7-15(12-14)25-26-19(28)17-9-1-2-10-18(17)27-31(29,30)16-8-3-5-13(11-16)20(22,23)24/h1-12,25,27H,(H,26,28). The second-order valence-electron chi connectivity index (χ2n) is 6.27. The van der Waals surface area contributed by atoms with E-state index >= 15 is 0 Å². The fraction of sp³-hybridized carbons (Fsp3) is 0.0500. The maximum absolute atomic E-state index is 12.9. The van der Waals surface area contributed by atoms with Gasteiger partial charge in [0.2, 0.25) is 0 Å². The van der Waals surface area contributed by atoms with Crippen molar-refractivity contribution in [1.82, 2.24) is 5.43 Å². The van der Waals surface area contributed by atoms with Crippen LogP contribution >= 0.6 is 11.6 Å². The van der Waals surface area contributed by atoms with Gasteiger partial charge in [-0.3, -0.25) is 20.4 Å². The Morgan fingerprint density at radius 3 is 2.32 bits per heavy atom. The van der Waals surface area contributed by atoms with Crippen LogP contribution in [0.1, 0.15) is 15.9 Å². The maximum atomic E-state index is 12.9. The van der Waals surface area contributed by atoms with Gasteiger partial charge in [-0.2, -0.15) is 13.2 Å². The van der Waals surface area contributed by atoms with Gasteiger partial charge in [-0.1, -0.05) is 35.9 Å². The number of para-hydroxylation sites is 1. The predicted molar refractivity (Wildman–Crippen MR) is 111 cm³/mol. The summed E-state index contributed by atoms with van der Waals surface area (Å²) in [7, 11) is -4.39. The van der Waals surface area contributed by atoms with E-state index in [2.05, 4.69) is 15.6 Å². The minimum absolute atomic E-state index is 0.0485. The summed E-state index contributed by atoms with van der Waals surface area (Å²) in [5, 5.41) is 0.438. The van der Waals surface area contributed by atoms with E-state index in [9.17, 15) is 26.4 Å². The summed E-state index contributed by atoms with van der Waals surface area (Å²) in [6.07, 6.45) is -4.70. The lowest BCUT2D eigenvalue weighted by atomic mass is 10.2. The molecule has 0 aromatic heterocycles. The van der Waals surface area contributed by atoms with Gasteiger partial charge in [0.25, 0.3) is 15.9 Å². The molecule has 0 saturated carbocycles. The summed E-state index contributed by atoms with van der Waals surface area (Å²) in [6, 6.07) is 15.5. The Labute approximate surface area is 181 Å². The number of nitrogens with one attached hydrogen (secondary N) is 3. The largest absolute Gasteiger partial charge is 0.416 e. The topological polar surface area (TPSA) is 87.3 Å². The first-order valence-corrected chi connectivity index (χ1v) is 10.5. The molecule has 1 amide bonds. The molecule has 0 aliphatic heterocycles. The molecule has 0 bridgehead atoms. The summed E-state index contributed by atoms with van der Waals surface area (Å²) >= 11 is 5.87. The lowest BCUT2D eigenvalue weighted by Crippen LogP contribution is -2.30. The van der Waals surface area contributed by atoms with Crippen molar-refractivity contribution < 1.29 is 26.4 Å². The van der Waals surface area contributed by atoms with Crippen LogP contribution in [0.25, 0.3) is 0 Å². The van der Waals surface area contributed by atoms with E-state index < -0.39 is 32.6 Å². The zero-order valence-electron chi connectivity index (χ0n) is 15.6. The zero-order valence-corrected chi connectivity index (χ0v) is 17.1. The second kappa shape index (κ2) is 8.86. The lowest BCUT2D eigenvalue weighted by Gasteiger charge is -2.14. The predicted octanol–water partition coefficient (Wildman–Crippen LogP) is 4.92. The number of hydrazine groups is 1. The van der Waals surface area contributed by atoms with E-state index in [4.69, 9.17) is 11.6 Å². The summed E-state index contributed by atoms with van der Waals surface area (Å²) in [6.45, 7) is 0. The Bertz CT molecular complexity index is 1220. The Kier molecular flexibility index (Phi) is 6.42. The number of hydrogen-bond acceptors (Lipinski definition) is 4. The van der Waals surface area contributed by atoms with E-state index in [1.165, 1.54) is 24.3 Å². The summed E-state index contributed by atoms with van der Waals surface area (Å²) in [4.78, 5) is 12.0. The lowest BCUT2D eigenvalue weighted by molar-refractivity contribution is -0.137. The van der Waals surface area contributed by atoms with Gasteiger partial charge >= 0.3 is 6.18 Å². The molecular weight excluding hydrogens is 455 g/mol. The number of carbonyl (C=O) groups excluding carboxylic acids is 1. The van der Waals surface area contributed by atoms with Crippen LogP contribution in [-0.4, -0.2) is 14.3 Å². The van der Waals surface area contributed by atoms with Crippen molar-refractivity contribution >= 4 is 38.9 Å². The molecule has 0 fully saturated rings. The number of halogens is 4. The molecular formula is C20H15ClF3N3O3S. The van der Waals surface area contributed by atoms with Crippen molar-refractivity contribution in [2.45, 2.75) is 11.1 Å². The molecule has 11 heteroatoms. The van der Waals surface area contributed by atoms with Crippen LogP contribution < -0.4 is 15.6 Å². The number of amides is 1. The van der Waals surface area contributed by atoms with Crippen LogP contribution in [0.15, 0.2) is 77.7 Å². The van der Waals surface area contributed by atoms with Gasteiger partial charge < -0.3 is 0 Å². The normalized spacial score (nSPS) is 11.6. The molecule has 6 nitrogen and oxygen atoms in total. The third-order valence-electron chi connectivity index (χ3n) is 4.03. The van der Waals surface area contributed by atoms with Crippen molar-refractivity contribution in [2.24, 2.45) is 0 Å². The van der Waals surface area contributed by atoms with E-state index in [0.717, 1.165) is 18.2 Å². The second-order valence-corrected chi connectivity index (χ2v) is 8.38. The van der Waals surface area contributed by atoms with Crippen molar-refractivity contribution in [1.29, 1.82) is 0 Å². The van der Waals surface area contributed by atoms with Crippen LogP contribution in [0.3, 0.4) is 0 Å². The molecule has 3 aromatic rings. The van der Waals surface area contributed by atoms with Gasteiger partial charge in [0.1, 0.15) is 0 Å². The first-order chi connectivity index (χ1) is 14.6. The molecule has 0 saturated heterocycles. The molecule has 0 radical (unpaired) electrons. The molecule has 0 heterocycles. The maximum Gasteiger partial charge on any atom is 0.416 e. The highest BCUT2D eigenvalue weighted by atomic mass is 35.5. The molecule has 0 atom stereocenters. The monoisotopic (exact) mass is 469 g/mol. The first kappa shape index (κ1) is 22.4. The van der Waals surface area contributed by atoms with E-state index in [1.54, 1.807) is 24.3 Å². The van der Waals surface area contributed by atoms with Crippen molar-refractivity contribution in [2.75, 3.05) is 10.1 Å². The van der Waals surface area contributed by atoms with Crippen LogP contribution in [0.5, 0.6) is 0 Å². The molecule has 0 aliphatic rings. The minimum Gasteiger partial charge on any atom is -0.298 e. The molecule has 3 aromatic carbocycles. The van der Waals surface area contributed by atoms with Crippen LogP contribution in [0, 0.1) is 0 Å². The van der Waals surface area contributed by atoms with E-state index in [-0.39, 0.29) is 11.3 Å². The minimum atomic E-state index is -4.70. The molecule has 31 heavy (non-hydrogen) atoms. The number of sulfonamides is 1. The fourth-order valence-corrected chi connectivity index (χ4v) is 3.89. The summed E-state index contributed by atoms with van der Waals surface area (Å²) in [5.41, 5.74) is 4.28. The number of anilines is 2. The highest BCUT2D eigenvalue weighted by Crippen LogP contribution is 2.31. The van der Waals surface area contributed by atoms with E-state index in [0.29, 0.717) is 16.8 Å². The molecule has 3 N–H and O–H groups in total. The number of benzene rings is 3. The van der Waals surface area contributed by atoms with Crippen LogP contribution in [0.4, 0.5) is 24.5 Å². The van der Waals surface area contributed by atoms with Gasteiger partial charge in [0.15, 0.2) is 0 Å². The summed E-state index contributed by atoms with van der Waals surface area (Å²) < 4.78 is 66.2. The SMILES string of the molecule is O=C(NNc1cccc(Cl)c1)c1ccccc1NS(=O)(=O)c1cccc(C(F)(F)F)c1. The Hall–Kier alpha value is -3.24. The highest BCUT2D eigenvalue weighted by Gasteiger charge is 2.31. The van der Waals surface area contributed by atoms with Gasteiger partial charge in [-0.15, -0.1) is 0 Å². The van der Waals surface area contributed by atoms with E-state index in [1.807, 2.05) is 0 Å². The number of rotatable bonds is 6. The van der Waals surface area contributed by atoms with Gasteiger partial charge in [0.05, 0.1) is 27.4 Å². The molecule has 0 unspecified atom stereocenters. The third kappa shape index (κ3) is 5.68. The molecule has 0 spiro atoms. The smallest absolute Gasteiger partial charge is 0.298 e. The number of carbonyl (C=O) groups is 1. The first-order valence-electron chi connectivity index (χ1n) is 8.67. The Morgan fingerprint density at radius 1 is 0.903 bits per heavy atom. The molecule has 162 valence electrons. The van der Waals surface area contributed by atoms with Crippen molar-refractivity contribution in [3.63, 3.8) is 0 Å².